The molecule has 0 fully saturated rings. The van der Waals surface area contributed by atoms with E-state index in [4.69, 9.17) is 12.2 Å². The van der Waals surface area contributed by atoms with Crippen molar-refractivity contribution in [2.45, 2.75) is 32.5 Å². The highest BCUT2D eigenvalue weighted by molar-refractivity contribution is 7.80. The van der Waals surface area contributed by atoms with Crippen LogP contribution in [0.4, 0.5) is 18.9 Å². The summed E-state index contributed by atoms with van der Waals surface area (Å²) in [6, 6.07) is 12.9. The van der Waals surface area contributed by atoms with Crippen LogP contribution in [0.1, 0.15) is 36.1 Å². The summed E-state index contributed by atoms with van der Waals surface area (Å²) in [6.45, 7) is 4.08. The normalized spacial score (nSPS) is 12.5. The monoisotopic (exact) mass is 352 g/mol. The van der Waals surface area contributed by atoms with Crippen LogP contribution >= 0.6 is 12.2 Å². The molecule has 0 aliphatic rings. The van der Waals surface area contributed by atoms with Crippen LogP contribution in [0.3, 0.4) is 0 Å². The zero-order chi connectivity index (χ0) is 17.7. The minimum atomic E-state index is -4.34. The Bertz CT molecular complexity index is 696. The van der Waals surface area contributed by atoms with E-state index in [1.807, 2.05) is 38.1 Å². The molecule has 2 N–H and O–H groups in total. The predicted octanol–water partition coefficient (Wildman–Crippen LogP) is 5.45. The van der Waals surface area contributed by atoms with Crippen molar-refractivity contribution in [1.29, 1.82) is 0 Å². The molecule has 0 saturated heterocycles. The molecule has 2 nitrogen and oxygen atoms in total. The van der Waals surface area contributed by atoms with Crippen LogP contribution < -0.4 is 10.6 Å². The second kappa shape index (κ2) is 7.66. The van der Waals surface area contributed by atoms with Gasteiger partial charge in [0.1, 0.15) is 0 Å². The lowest BCUT2D eigenvalue weighted by Gasteiger charge is -2.21. The predicted molar refractivity (Wildman–Crippen MR) is 95.0 cm³/mol. The highest BCUT2D eigenvalue weighted by Gasteiger charge is 2.29. The summed E-state index contributed by atoms with van der Waals surface area (Å²) < 4.78 is 37.7. The van der Waals surface area contributed by atoms with Crippen molar-refractivity contribution < 1.29 is 13.2 Å². The van der Waals surface area contributed by atoms with Gasteiger partial charge in [-0.2, -0.15) is 13.2 Å². The lowest BCUT2D eigenvalue weighted by molar-refractivity contribution is -0.137. The average molecular weight is 352 g/mol. The first-order chi connectivity index (χ1) is 11.3. The maximum atomic E-state index is 12.6. The zero-order valence-corrected chi connectivity index (χ0v) is 14.3. The van der Waals surface area contributed by atoms with Crippen molar-refractivity contribution in [3.8, 4) is 0 Å². The van der Waals surface area contributed by atoms with Crippen LogP contribution in [0.2, 0.25) is 0 Å². The molecule has 1 atom stereocenters. The van der Waals surface area contributed by atoms with Gasteiger partial charge >= 0.3 is 6.18 Å². The minimum absolute atomic E-state index is 0.0423. The summed E-state index contributed by atoms with van der Waals surface area (Å²) in [6.07, 6.45) is -3.50. The SMILES string of the molecule is CC[C@@H](NC(=S)Nc1ccc(C(F)(F)F)cc1)c1ccccc1C. The van der Waals surface area contributed by atoms with Crippen molar-refractivity contribution in [2.24, 2.45) is 0 Å². The molecule has 0 saturated carbocycles. The topological polar surface area (TPSA) is 24.1 Å². The third-order valence-corrected chi connectivity index (χ3v) is 3.97. The molecule has 0 aromatic heterocycles. The summed E-state index contributed by atoms with van der Waals surface area (Å²) in [5.74, 6) is 0. The van der Waals surface area contributed by atoms with E-state index >= 15 is 0 Å². The molecule has 128 valence electrons. The van der Waals surface area contributed by atoms with Crippen LogP contribution in [0.15, 0.2) is 48.5 Å². The fourth-order valence-electron chi connectivity index (χ4n) is 2.45. The molecule has 0 bridgehead atoms. The van der Waals surface area contributed by atoms with Crippen LogP contribution in [0, 0.1) is 6.92 Å². The van der Waals surface area contributed by atoms with Gasteiger partial charge in [-0.15, -0.1) is 0 Å². The molecule has 0 aliphatic heterocycles. The maximum Gasteiger partial charge on any atom is 0.416 e. The third-order valence-electron chi connectivity index (χ3n) is 3.75. The number of alkyl halides is 3. The molecule has 6 heteroatoms. The number of hydrogen-bond acceptors (Lipinski definition) is 1. The van der Waals surface area contributed by atoms with Crippen molar-refractivity contribution in [2.75, 3.05) is 5.32 Å². The van der Waals surface area contributed by atoms with Crippen LogP contribution in [0.5, 0.6) is 0 Å². The lowest BCUT2D eigenvalue weighted by atomic mass is 10.00. The number of rotatable bonds is 4. The number of halogens is 3. The summed E-state index contributed by atoms with van der Waals surface area (Å²) in [7, 11) is 0. The summed E-state index contributed by atoms with van der Waals surface area (Å²) >= 11 is 5.28. The zero-order valence-electron chi connectivity index (χ0n) is 13.4. The first kappa shape index (κ1) is 18.3. The third kappa shape index (κ3) is 4.71. The Hall–Kier alpha value is -2.08. The number of aryl methyl sites for hydroxylation is 1. The van der Waals surface area contributed by atoms with E-state index < -0.39 is 11.7 Å². The Labute approximate surface area is 145 Å². The number of nitrogens with one attached hydrogen (secondary N) is 2. The summed E-state index contributed by atoms with van der Waals surface area (Å²) in [5, 5.41) is 6.52. The van der Waals surface area contributed by atoms with Gasteiger partial charge in [0.2, 0.25) is 0 Å². The summed E-state index contributed by atoms with van der Waals surface area (Å²) in [5.41, 5.74) is 2.14. The largest absolute Gasteiger partial charge is 0.416 e. The Kier molecular flexibility index (Phi) is 5.83. The lowest BCUT2D eigenvalue weighted by Crippen LogP contribution is -2.32. The number of thiocarbonyl (C=S) groups is 1. The van der Waals surface area contributed by atoms with Gasteiger partial charge in [-0.05, 0) is 61.0 Å². The second-order valence-electron chi connectivity index (χ2n) is 5.49. The second-order valence-corrected chi connectivity index (χ2v) is 5.90. The maximum absolute atomic E-state index is 12.6. The molecule has 2 aromatic rings. The fourth-order valence-corrected chi connectivity index (χ4v) is 2.71. The molecule has 0 amide bonds. The molecule has 2 aromatic carbocycles. The van der Waals surface area contributed by atoms with Crippen molar-refractivity contribution in [3.05, 3.63) is 65.2 Å². The molecule has 24 heavy (non-hydrogen) atoms. The van der Waals surface area contributed by atoms with Gasteiger partial charge in [-0.25, -0.2) is 0 Å². The van der Waals surface area contributed by atoms with Gasteiger partial charge < -0.3 is 10.6 Å². The molecule has 0 radical (unpaired) electrons. The highest BCUT2D eigenvalue weighted by atomic mass is 32.1. The minimum Gasteiger partial charge on any atom is -0.356 e. The molecule has 2 rings (SSSR count). The highest BCUT2D eigenvalue weighted by Crippen LogP contribution is 2.29. The fraction of sp³-hybridized carbons (Fsp3) is 0.278. The van der Waals surface area contributed by atoms with Gasteiger partial charge in [0.25, 0.3) is 0 Å². The Morgan fingerprint density at radius 3 is 2.25 bits per heavy atom. The number of benzene rings is 2. The Morgan fingerprint density at radius 1 is 1.08 bits per heavy atom. The summed E-state index contributed by atoms with van der Waals surface area (Å²) in [4.78, 5) is 0. The van der Waals surface area contributed by atoms with E-state index in [1.165, 1.54) is 12.1 Å². The van der Waals surface area contributed by atoms with Crippen molar-refractivity contribution in [3.63, 3.8) is 0 Å². The number of anilines is 1. The van der Waals surface area contributed by atoms with Gasteiger partial charge in [0.05, 0.1) is 11.6 Å². The first-order valence-corrected chi connectivity index (χ1v) is 8.02. The van der Waals surface area contributed by atoms with Crippen LogP contribution in [-0.4, -0.2) is 5.11 Å². The standard InChI is InChI=1S/C18H19F3N2S/c1-3-16(15-7-5-4-6-12(15)2)23-17(24)22-14-10-8-13(9-11-14)18(19,20)21/h4-11,16H,3H2,1-2H3,(H2,22,23,24)/t16-/m1/s1. The van der Waals surface area contributed by atoms with E-state index in [9.17, 15) is 13.2 Å². The van der Waals surface area contributed by atoms with E-state index in [0.29, 0.717) is 10.8 Å². The van der Waals surface area contributed by atoms with E-state index in [1.54, 1.807) is 0 Å². The average Bonchev–Trinajstić information content (AvgIpc) is 2.53. The van der Waals surface area contributed by atoms with Gasteiger partial charge in [-0.3, -0.25) is 0 Å². The van der Waals surface area contributed by atoms with Crippen molar-refractivity contribution >= 4 is 23.0 Å². The molecule has 0 spiro atoms. The first-order valence-electron chi connectivity index (χ1n) is 7.61. The quantitative estimate of drug-likeness (QED) is 0.715. The molecular weight excluding hydrogens is 333 g/mol. The van der Waals surface area contributed by atoms with E-state index in [2.05, 4.69) is 10.6 Å². The van der Waals surface area contributed by atoms with E-state index in [0.717, 1.165) is 29.7 Å². The van der Waals surface area contributed by atoms with Crippen LogP contribution in [0.25, 0.3) is 0 Å². The smallest absolute Gasteiger partial charge is 0.356 e. The molecular formula is C18H19F3N2S. The van der Waals surface area contributed by atoms with Gasteiger partial charge in [-0.1, -0.05) is 31.2 Å². The Balaban J connectivity index is 2.03. The molecule has 0 heterocycles. The van der Waals surface area contributed by atoms with Crippen molar-refractivity contribution in [1.82, 2.24) is 5.32 Å². The molecule has 0 aliphatic carbocycles. The van der Waals surface area contributed by atoms with Crippen LogP contribution in [-0.2, 0) is 6.18 Å². The van der Waals surface area contributed by atoms with Gasteiger partial charge in [0, 0.05) is 5.69 Å². The van der Waals surface area contributed by atoms with Gasteiger partial charge in [0.15, 0.2) is 5.11 Å². The number of hydrogen-bond donors (Lipinski definition) is 2. The molecule has 0 unspecified atom stereocenters. The Morgan fingerprint density at radius 2 is 1.71 bits per heavy atom. The van der Waals surface area contributed by atoms with E-state index in [-0.39, 0.29) is 6.04 Å².